The summed E-state index contributed by atoms with van der Waals surface area (Å²) in [6.45, 7) is 3.21. The number of nitrogens with one attached hydrogen (secondary N) is 1. The van der Waals surface area contributed by atoms with Crippen molar-refractivity contribution < 1.29 is 18.4 Å². The van der Waals surface area contributed by atoms with E-state index in [1.165, 1.54) is 12.1 Å². The van der Waals surface area contributed by atoms with E-state index in [4.69, 9.17) is 5.11 Å². The largest absolute Gasteiger partial charge is 0.396 e. The van der Waals surface area contributed by atoms with Gasteiger partial charge in [0.2, 0.25) is 10.0 Å². The molecule has 0 heterocycles. The van der Waals surface area contributed by atoms with E-state index in [2.05, 4.69) is 4.72 Å². The Morgan fingerprint density at radius 1 is 1.45 bits per heavy atom. The van der Waals surface area contributed by atoms with Gasteiger partial charge in [0.1, 0.15) is 0 Å². The Kier molecular flexibility index (Phi) is 5.61. The zero-order chi connectivity index (χ0) is 15.3. The Morgan fingerprint density at radius 2 is 2.10 bits per heavy atom. The van der Waals surface area contributed by atoms with Crippen molar-refractivity contribution in [2.75, 3.05) is 6.61 Å². The quantitative estimate of drug-likeness (QED) is 0.583. The minimum Gasteiger partial charge on any atom is -0.396 e. The molecule has 0 amide bonds. The second-order valence-corrected chi connectivity index (χ2v) is 6.31. The summed E-state index contributed by atoms with van der Waals surface area (Å²) >= 11 is 0. The van der Waals surface area contributed by atoms with Crippen molar-refractivity contribution in [1.29, 1.82) is 0 Å². The lowest BCUT2D eigenvalue weighted by Gasteiger charge is -2.13. The fourth-order valence-corrected chi connectivity index (χ4v) is 3.04. The van der Waals surface area contributed by atoms with Crippen LogP contribution in [0, 0.1) is 17.0 Å². The maximum Gasteiger partial charge on any atom is 0.273 e. The first-order chi connectivity index (χ1) is 9.27. The molecule has 0 saturated heterocycles. The summed E-state index contributed by atoms with van der Waals surface area (Å²) in [5, 5.41) is 19.5. The van der Waals surface area contributed by atoms with Gasteiger partial charge in [-0.1, -0.05) is 6.07 Å². The summed E-state index contributed by atoms with van der Waals surface area (Å²) in [4.78, 5) is 10.1. The molecule has 0 spiro atoms. The fourth-order valence-electron chi connectivity index (χ4n) is 1.74. The first kappa shape index (κ1) is 16.5. The molecule has 1 aromatic carbocycles. The molecule has 0 radical (unpaired) electrons. The Morgan fingerprint density at radius 3 is 2.65 bits per heavy atom. The van der Waals surface area contributed by atoms with E-state index < -0.39 is 14.9 Å². The third-order valence-corrected chi connectivity index (χ3v) is 4.43. The molecule has 1 aromatic rings. The Labute approximate surface area is 117 Å². The van der Waals surface area contributed by atoms with Crippen LogP contribution >= 0.6 is 0 Å². The lowest BCUT2D eigenvalue weighted by atomic mass is 10.2. The number of hydrogen-bond acceptors (Lipinski definition) is 5. The number of sulfonamides is 1. The molecule has 0 aromatic heterocycles. The van der Waals surface area contributed by atoms with Gasteiger partial charge in [-0.2, -0.15) is 0 Å². The van der Waals surface area contributed by atoms with Crippen LogP contribution in [0.3, 0.4) is 0 Å². The summed E-state index contributed by atoms with van der Waals surface area (Å²) in [6.07, 6.45) is 0.974. The zero-order valence-corrected chi connectivity index (χ0v) is 12.2. The molecule has 0 fully saturated rings. The van der Waals surface area contributed by atoms with Gasteiger partial charge in [-0.05, 0) is 32.8 Å². The number of rotatable bonds is 7. The number of nitro benzene ring substituents is 1. The van der Waals surface area contributed by atoms with Gasteiger partial charge < -0.3 is 5.11 Å². The third kappa shape index (κ3) is 4.26. The van der Waals surface area contributed by atoms with Gasteiger partial charge in [0.25, 0.3) is 5.69 Å². The van der Waals surface area contributed by atoms with Gasteiger partial charge in [0.15, 0.2) is 0 Å². The molecule has 1 unspecified atom stereocenters. The van der Waals surface area contributed by atoms with Crippen LogP contribution in [0.5, 0.6) is 0 Å². The van der Waals surface area contributed by atoms with E-state index in [1.807, 2.05) is 0 Å². The second kappa shape index (κ2) is 6.78. The molecule has 1 rings (SSSR count). The number of hydrogen-bond donors (Lipinski definition) is 2. The van der Waals surface area contributed by atoms with E-state index in [0.29, 0.717) is 18.4 Å². The summed E-state index contributed by atoms with van der Waals surface area (Å²) in [7, 11) is -3.80. The zero-order valence-electron chi connectivity index (χ0n) is 11.4. The number of aryl methyl sites for hydroxylation is 1. The number of benzene rings is 1. The first-order valence-corrected chi connectivity index (χ1v) is 7.64. The lowest BCUT2D eigenvalue weighted by molar-refractivity contribution is -0.385. The minimum absolute atomic E-state index is 0.0118. The van der Waals surface area contributed by atoms with Gasteiger partial charge in [-0.25, -0.2) is 13.1 Å². The van der Waals surface area contributed by atoms with Gasteiger partial charge in [0.05, 0.1) is 9.82 Å². The normalized spacial score (nSPS) is 13.2. The Balaban J connectivity index is 2.98. The van der Waals surface area contributed by atoms with Gasteiger partial charge in [0, 0.05) is 24.3 Å². The second-order valence-electron chi connectivity index (χ2n) is 4.59. The molecular formula is C12H18N2O5S. The first-order valence-electron chi connectivity index (χ1n) is 6.16. The molecule has 8 heteroatoms. The van der Waals surface area contributed by atoms with Crippen molar-refractivity contribution in [3.05, 3.63) is 33.9 Å². The van der Waals surface area contributed by atoms with Crippen molar-refractivity contribution in [3.63, 3.8) is 0 Å². The van der Waals surface area contributed by atoms with Crippen LogP contribution in [0.1, 0.15) is 25.3 Å². The fraction of sp³-hybridized carbons (Fsp3) is 0.500. The molecule has 1 atom stereocenters. The van der Waals surface area contributed by atoms with Gasteiger partial charge >= 0.3 is 0 Å². The van der Waals surface area contributed by atoms with E-state index in [0.717, 1.165) is 6.07 Å². The number of nitrogens with zero attached hydrogens (tertiary/aromatic N) is 1. The van der Waals surface area contributed by atoms with Crippen LogP contribution in [0.25, 0.3) is 0 Å². The van der Waals surface area contributed by atoms with E-state index in [9.17, 15) is 18.5 Å². The molecule has 0 saturated carbocycles. The van der Waals surface area contributed by atoms with E-state index in [-0.39, 0.29) is 23.2 Å². The smallest absolute Gasteiger partial charge is 0.273 e. The molecule has 2 N–H and O–H groups in total. The summed E-state index contributed by atoms with van der Waals surface area (Å²) < 4.78 is 26.6. The predicted octanol–water partition coefficient (Wildman–Crippen LogP) is 1.34. The van der Waals surface area contributed by atoms with E-state index in [1.54, 1.807) is 13.8 Å². The van der Waals surface area contributed by atoms with Crippen LogP contribution in [-0.4, -0.2) is 31.1 Å². The van der Waals surface area contributed by atoms with Crippen molar-refractivity contribution >= 4 is 15.7 Å². The molecular weight excluding hydrogens is 284 g/mol. The van der Waals surface area contributed by atoms with Crippen LogP contribution in [0.15, 0.2) is 23.1 Å². The molecule has 0 aliphatic heterocycles. The summed E-state index contributed by atoms with van der Waals surface area (Å²) in [5.74, 6) is 0. The topological polar surface area (TPSA) is 110 Å². The highest BCUT2D eigenvalue weighted by Crippen LogP contribution is 2.22. The van der Waals surface area contributed by atoms with Crippen LogP contribution < -0.4 is 4.72 Å². The average Bonchev–Trinajstić information content (AvgIpc) is 2.35. The Bertz CT molecular complexity index is 586. The summed E-state index contributed by atoms with van der Waals surface area (Å²) in [6, 6.07) is 3.44. The molecule has 0 aliphatic rings. The number of aliphatic hydroxyl groups excluding tert-OH is 1. The predicted molar refractivity (Wildman–Crippen MR) is 73.9 cm³/mol. The van der Waals surface area contributed by atoms with Crippen molar-refractivity contribution in [2.45, 2.75) is 37.6 Å². The molecule has 7 nitrogen and oxygen atoms in total. The maximum absolute atomic E-state index is 12.1. The highest BCUT2D eigenvalue weighted by Gasteiger charge is 2.21. The lowest BCUT2D eigenvalue weighted by Crippen LogP contribution is -2.32. The van der Waals surface area contributed by atoms with Gasteiger partial charge in [-0.15, -0.1) is 0 Å². The average molecular weight is 302 g/mol. The van der Waals surface area contributed by atoms with E-state index >= 15 is 0 Å². The molecule has 0 aliphatic carbocycles. The van der Waals surface area contributed by atoms with Crippen LogP contribution in [0.2, 0.25) is 0 Å². The standard InChI is InChI=1S/C12H18N2O5S/c1-9-5-6-11(8-12(9)14(16)17)20(18,19)13-10(2)4-3-7-15/h5-6,8,10,13,15H,3-4,7H2,1-2H3. The minimum atomic E-state index is -3.80. The third-order valence-electron chi connectivity index (χ3n) is 2.84. The maximum atomic E-state index is 12.1. The highest BCUT2D eigenvalue weighted by atomic mass is 32.2. The van der Waals surface area contributed by atoms with Crippen molar-refractivity contribution in [2.24, 2.45) is 0 Å². The van der Waals surface area contributed by atoms with Crippen LogP contribution in [-0.2, 0) is 10.0 Å². The van der Waals surface area contributed by atoms with Gasteiger partial charge in [-0.3, -0.25) is 10.1 Å². The number of aliphatic hydroxyl groups is 1. The monoisotopic (exact) mass is 302 g/mol. The number of nitro groups is 1. The molecule has 20 heavy (non-hydrogen) atoms. The Hall–Kier alpha value is -1.51. The van der Waals surface area contributed by atoms with Crippen molar-refractivity contribution in [3.8, 4) is 0 Å². The summed E-state index contributed by atoms with van der Waals surface area (Å²) in [5.41, 5.74) is 0.179. The molecule has 112 valence electrons. The van der Waals surface area contributed by atoms with Crippen molar-refractivity contribution in [1.82, 2.24) is 4.72 Å². The van der Waals surface area contributed by atoms with Crippen LogP contribution in [0.4, 0.5) is 5.69 Å². The highest BCUT2D eigenvalue weighted by molar-refractivity contribution is 7.89. The molecule has 0 bridgehead atoms. The SMILES string of the molecule is Cc1ccc(S(=O)(=O)NC(C)CCCO)cc1[N+](=O)[O-].